The summed E-state index contributed by atoms with van der Waals surface area (Å²) in [6.45, 7) is 2.81. The lowest BCUT2D eigenvalue weighted by Gasteiger charge is -2.11. The lowest BCUT2D eigenvalue weighted by Crippen LogP contribution is -2.10. The molecule has 7 heteroatoms. The van der Waals surface area contributed by atoms with Crippen LogP contribution in [0.2, 0.25) is 5.15 Å². The maximum Gasteiger partial charge on any atom is 0.223 e. The summed E-state index contributed by atoms with van der Waals surface area (Å²) in [5.74, 6) is 0.512. The van der Waals surface area contributed by atoms with E-state index in [4.69, 9.17) is 17.3 Å². The molecule has 0 bridgehead atoms. The Morgan fingerprint density at radius 1 is 1.50 bits per heavy atom. The number of rotatable bonds is 6. The molecule has 0 fully saturated rings. The van der Waals surface area contributed by atoms with Crippen molar-refractivity contribution in [2.24, 2.45) is 0 Å². The number of unbranched alkanes of at least 4 members (excludes halogenated alkanes) is 1. The first-order chi connectivity index (χ1) is 7.69. The van der Waals surface area contributed by atoms with Crippen LogP contribution in [-0.2, 0) is 4.79 Å². The number of anilines is 3. The lowest BCUT2D eigenvalue weighted by molar-refractivity contribution is -0.105. The minimum absolute atomic E-state index is 0.0699. The van der Waals surface area contributed by atoms with Crippen molar-refractivity contribution in [3.8, 4) is 0 Å². The molecular formula is C9H14ClN5O. The van der Waals surface area contributed by atoms with Crippen molar-refractivity contribution in [2.45, 2.75) is 19.8 Å². The molecule has 16 heavy (non-hydrogen) atoms. The molecule has 0 aliphatic rings. The van der Waals surface area contributed by atoms with Gasteiger partial charge < -0.3 is 16.4 Å². The number of hydrogen-bond acceptors (Lipinski definition) is 5. The first-order valence-electron chi connectivity index (χ1n) is 4.96. The number of amides is 1. The van der Waals surface area contributed by atoms with Crippen molar-refractivity contribution in [3.63, 3.8) is 0 Å². The van der Waals surface area contributed by atoms with Gasteiger partial charge in [-0.2, -0.15) is 9.97 Å². The molecule has 0 unspecified atom stereocenters. The predicted molar refractivity (Wildman–Crippen MR) is 64.5 cm³/mol. The third-order valence-electron chi connectivity index (χ3n) is 1.91. The monoisotopic (exact) mass is 243 g/mol. The van der Waals surface area contributed by atoms with Crippen molar-refractivity contribution >= 4 is 35.5 Å². The van der Waals surface area contributed by atoms with Gasteiger partial charge in [0, 0.05) is 6.54 Å². The second kappa shape index (κ2) is 6.12. The molecule has 1 amide bonds. The van der Waals surface area contributed by atoms with E-state index < -0.39 is 0 Å². The summed E-state index contributed by atoms with van der Waals surface area (Å²) < 4.78 is 0. The summed E-state index contributed by atoms with van der Waals surface area (Å²) >= 11 is 5.83. The Labute approximate surface area is 98.6 Å². The number of carbonyl (C=O) groups is 1. The van der Waals surface area contributed by atoms with Gasteiger partial charge in [-0.25, -0.2) is 0 Å². The van der Waals surface area contributed by atoms with Crippen LogP contribution >= 0.6 is 11.6 Å². The molecule has 0 spiro atoms. The molecule has 0 radical (unpaired) electrons. The number of hydrogen-bond donors (Lipinski definition) is 3. The highest BCUT2D eigenvalue weighted by molar-refractivity contribution is 6.33. The van der Waals surface area contributed by atoms with Crippen LogP contribution < -0.4 is 16.4 Å². The van der Waals surface area contributed by atoms with Crippen LogP contribution in [-0.4, -0.2) is 22.9 Å². The Morgan fingerprint density at radius 2 is 2.25 bits per heavy atom. The van der Waals surface area contributed by atoms with E-state index in [1.54, 1.807) is 0 Å². The van der Waals surface area contributed by atoms with E-state index in [1.165, 1.54) is 0 Å². The van der Waals surface area contributed by atoms with Crippen molar-refractivity contribution in [1.82, 2.24) is 9.97 Å². The zero-order valence-electron chi connectivity index (χ0n) is 8.96. The number of carbonyl (C=O) groups excluding carboxylic acids is 1. The number of nitrogens with zero attached hydrogens (tertiary/aromatic N) is 2. The standard InChI is InChI=1S/C9H14ClN5O/c1-2-3-4-12-8-6(13-5-16)7(10)14-9(11)15-8/h5H,2-4H2,1H3,(H,13,16)(H3,11,12,14,15). The summed E-state index contributed by atoms with van der Waals surface area (Å²) in [4.78, 5) is 18.1. The van der Waals surface area contributed by atoms with E-state index in [2.05, 4.69) is 27.5 Å². The Morgan fingerprint density at radius 3 is 2.88 bits per heavy atom. The number of nitrogen functional groups attached to an aromatic ring is 1. The molecule has 1 aromatic rings. The normalized spacial score (nSPS) is 9.88. The third kappa shape index (κ3) is 3.23. The highest BCUT2D eigenvalue weighted by Crippen LogP contribution is 2.27. The van der Waals surface area contributed by atoms with Crippen LogP contribution in [0.4, 0.5) is 17.5 Å². The molecule has 88 valence electrons. The first-order valence-corrected chi connectivity index (χ1v) is 5.34. The zero-order valence-corrected chi connectivity index (χ0v) is 9.71. The van der Waals surface area contributed by atoms with Crippen LogP contribution in [0, 0.1) is 0 Å². The van der Waals surface area contributed by atoms with Gasteiger partial charge in [-0.3, -0.25) is 4.79 Å². The molecule has 0 saturated heterocycles. The van der Waals surface area contributed by atoms with Crippen molar-refractivity contribution in [2.75, 3.05) is 22.9 Å². The second-order valence-electron chi connectivity index (χ2n) is 3.14. The van der Waals surface area contributed by atoms with Gasteiger partial charge in [0.1, 0.15) is 5.69 Å². The Hall–Kier alpha value is -1.56. The molecule has 0 aromatic carbocycles. The van der Waals surface area contributed by atoms with Gasteiger partial charge in [0.05, 0.1) is 0 Å². The molecule has 6 nitrogen and oxygen atoms in total. The average molecular weight is 244 g/mol. The van der Waals surface area contributed by atoms with Crippen molar-refractivity contribution in [3.05, 3.63) is 5.15 Å². The SMILES string of the molecule is CCCCNc1nc(N)nc(Cl)c1NC=O. The van der Waals surface area contributed by atoms with Crippen molar-refractivity contribution < 1.29 is 4.79 Å². The van der Waals surface area contributed by atoms with Crippen LogP contribution in [0.3, 0.4) is 0 Å². The van der Waals surface area contributed by atoms with Crippen molar-refractivity contribution in [1.29, 1.82) is 0 Å². The van der Waals surface area contributed by atoms with Gasteiger partial charge in [-0.15, -0.1) is 0 Å². The van der Waals surface area contributed by atoms with E-state index >= 15 is 0 Å². The summed E-state index contributed by atoms with van der Waals surface area (Å²) in [7, 11) is 0. The Balaban J connectivity index is 2.89. The highest BCUT2D eigenvalue weighted by Gasteiger charge is 2.10. The fraction of sp³-hybridized carbons (Fsp3) is 0.444. The van der Waals surface area contributed by atoms with E-state index in [1.807, 2.05) is 0 Å². The summed E-state index contributed by atoms with van der Waals surface area (Å²) in [5, 5.41) is 5.61. The number of nitrogens with one attached hydrogen (secondary N) is 2. The Bertz CT molecular complexity index is 371. The minimum Gasteiger partial charge on any atom is -0.368 e. The fourth-order valence-corrected chi connectivity index (χ4v) is 1.38. The largest absolute Gasteiger partial charge is 0.368 e. The minimum atomic E-state index is 0.0699. The van der Waals surface area contributed by atoms with Gasteiger partial charge in [0.2, 0.25) is 12.4 Å². The number of halogens is 1. The smallest absolute Gasteiger partial charge is 0.223 e. The van der Waals surface area contributed by atoms with Gasteiger partial charge >= 0.3 is 0 Å². The fourth-order valence-electron chi connectivity index (χ4n) is 1.15. The van der Waals surface area contributed by atoms with Crippen LogP contribution in [0.1, 0.15) is 19.8 Å². The molecular weight excluding hydrogens is 230 g/mol. The summed E-state index contributed by atoms with van der Waals surface area (Å²) in [6, 6.07) is 0. The molecule has 0 atom stereocenters. The lowest BCUT2D eigenvalue weighted by atomic mass is 10.3. The summed E-state index contributed by atoms with van der Waals surface area (Å²) in [5.41, 5.74) is 5.81. The molecule has 0 aliphatic carbocycles. The topological polar surface area (TPSA) is 92.9 Å². The zero-order chi connectivity index (χ0) is 12.0. The van der Waals surface area contributed by atoms with Crippen LogP contribution in [0.25, 0.3) is 0 Å². The van der Waals surface area contributed by atoms with E-state index in [0.29, 0.717) is 17.9 Å². The molecule has 0 aliphatic heterocycles. The Kier molecular flexibility index (Phi) is 4.78. The number of aromatic nitrogens is 2. The van der Waals surface area contributed by atoms with Crippen LogP contribution in [0.5, 0.6) is 0 Å². The predicted octanol–water partition coefficient (Wildman–Crippen LogP) is 1.49. The van der Waals surface area contributed by atoms with Gasteiger partial charge in [-0.1, -0.05) is 24.9 Å². The van der Waals surface area contributed by atoms with Gasteiger partial charge in [-0.05, 0) is 6.42 Å². The van der Waals surface area contributed by atoms with E-state index in [9.17, 15) is 4.79 Å². The van der Waals surface area contributed by atoms with Gasteiger partial charge in [0.15, 0.2) is 11.0 Å². The average Bonchev–Trinajstić information content (AvgIpc) is 2.23. The van der Waals surface area contributed by atoms with E-state index in [-0.39, 0.29) is 11.1 Å². The highest BCUT2D eigenvalue weighted by atomic mass is 35.5. The van der Waals surface area contributed by atoms with Crippen LogP contribution in [0.15, 0.2) is 0 Å². The molecule has 1 rings (SSSR count). The first kappa shape index (κ1) is 12.5. The molecule has 4 N–H and O–H groups in total. The molecule has 0 saturated carbocycles. The van der Waals surface area contributed by atoms with E-state index in [0.717, 1.165) is 19.4 Å². The molecule has 1 aromatic heterocycles. The van der Waals surface area contributed by atoms with Gasteiger partial charge in [0.25, 0.3) is 0 Å². The maximum atomic E-state index is 10.4. The number of nitrogens with two attached hydrogens (primary N) is 1. The maximum absolute atomic E-state index is 10.4. The molecule has 1 heterocycles. The quantitative estimate of drug-likeness (QED) is 0.400. The third-order valence-corrected chi connectivity index (χ3v) is 2.18. The second-order valence-corrected chi connectivity index (χ2v) is 3.50. The summed E-state index contributed by atoms with van der Waals surface area (Å²) in [6.07, 6.45) is 2.56.